The first-order valence-corrected chi connectivity index (χ1v) is 10.9. The summed E-state index contributed by atoms with van der Waals surface area (Å²) in [6, 6.07) is 12.9. The number of hydrogen-bond acceptors (Lipinski definition) is 5. The van der Waals surface area contributed by atoms with Crippen LogP contribution < -0.4 is 10.6 Å². The second-order valence-corrected chi connectivity index (χ2v) is 8.25. The zero-order chi connectivity index (χ0) is 21.8. The zero-order valence-electron chi connectivity index (χ0n) is 17.0. The molecule has 1 fully saturated rings. The molecular formula is C22H22FN5O2S. The number of amides is 3. The van der Waals surface area contributed by atoms with Gasteiger partial charge in [-0.15, -0.1) is 10.2 Å². The lowest BCUT2D eigenvalue weighted by Crippen LogP contribution is -2.34. The molecule has 0 radical (unpaired) electrons. The van der Waals surface area contributed by atoms with Gasteiger partial charge in [-0.05, 0) is 61.2 Å². The van der Waals surface area contributed by atoms with E-state index >= 15 is 0 Å². The van der Waals surface area contributed by atoms with E-state index in [0.29, 0.717) is 17.2 Å². The molecule has 31 heavy (non-hydrogen) atoms. The van der Waals surface area contributed by atoms with E-state index in [9.17, 15) is 14.0 Å². The number of nitrogens with one attached hydrogen (secondary N) is 2. The topological polar surface area (TPSA) is 87.2 Å². The smallest absolute Gasteiger partial charge is 0.320 e. The van der Waals surface area contributed by atoms with E-state index in [-0.39, 0.29) is 22.9 Å². The van der Waals surface area contributed by atoms with Gasteiger partial charge in [0.25, 0.3) is 5.91 Å². The summed E-state index contributed by atoms with van der Waals surface area (Å²) in [5.41, 5.74) is 2.42. The predicted octanol–water partition coefficient (Wildman–Crippen LogP) is 4.86. The van der Waals surface area contributed by atoms with Crippen LogP contribution in [-0.2, 0) is 6.42 Å². The van der Waals surface area contributed by atoms with Crippen molar-refractivity contribution in [2.45, 2.75) is 32.2 Å². The van der Waals surface area contributed by atoms with Crippen molar-refractivity contribution in [2.75, 3.05) is 17.2 Å². The number of carbonyl (C=O) groups is 2. The molecule has 0 spiro atoms. The summed E-state index contributed by atoms with van der Waals surface area (Å²) >= 11 is 1.16. The van der Waals surface area contributed by atoms with Crippen LogP contribution in [0.2, 0.25) is 0 Å². The van der Waals surface area contributed by atoms with Gasteiger partial charge < -0.3 is 15.5 Å². The van der Waals surface area contributed by atoms with Gasteiger partial charge in [-0.2, -0.15) is 0 Å². The first-order valence-electron chi connectivity index (χ1n) is 10.1. The van der Waals surface area contributed by atoms with Crippen molar-refractivity contribution in [1.29, 1.82) is 0 Å². The maximum atomic E-state index is 13.0. The fourth-order valence-corrected chi connectivity index (χ4v) is 4.35. The average Bonchev–Trinajstić information content (AvgIpc) is 3.45. The highest BCUT2D eigenvalue weighted by molar-refractivity contribution is 7.13. The molecule has 4 rings (SSSR count). The lowest BCUT2D eigenvalue weighted by atomic mass is 10.1. The van der Waals surface area contributed by atoms with Crippen molar-refractivity contribution in [3.63, 3.8) is 0 Å². The van der Waals surface area contributed by atoms with Crippen LogP contribution in [0.3, 0.4) is 0 Å². The number of anilines is 2. The molecule has 0 saturated carbocycles. The number of aromatic nitrogens is 2. The lowest BCUT2D eigenvalue weighted by Gasteiger charge is -2.23. The minimum atomic E-state index is -0.416. The summed E-state index contributed by atoms with van der Waals surface area (Å²) in [5.74, 6) is -0.794. The molecule has 2 heterocycles. The maximum absolute atomic E-state index is 13.0. The number of aryl methyl sites for hydroxylation is 1. The number of rotatable bonds is 5. The molecule has 1 aliphatic rings. The number of hydrogen-bond donors (Lipinski definition) is 2. The summed E-state index contributed by atoms with van der Waals surface area (Å²) in [7, 11) is 0. The van der Waals surface area contributed by atoms with Crippen molar-refractivity contribution in [3.8, 4) is 0 Å². The molecule has 1 saturated heterocycles. The van der Waals surface area contributed by atoms with Crippen LogP contribution in [0.25, 0.3) is 0 Å². The van der Waals surface area contributed by atoms with E-state index in [4.69, 9.17) is 0 Å². The lowest BCUT2D eigenvalue weighted by molar-refractivity contribution is 0.102. The minimum Gasteiger partial charge on any atom is -0.320 e. The second kappa shape index (κ2) is 9.22. The highest BCUT2D eigenvalue weighted by Gasteiger charge is 2.33. The summed E-state index contributed by atoms with van der Waals surface area (Å²) in [6.07, 6.45) is 2.55. The first-order chi connectivity index (χ1) is 15.0. The van der Waals surface area contributed by atoms with Crippen molar-refractivity contribution >= 4 is 34.6 Å². The molecule has 160 valence electrons. The van der Waals surface area contributed by atoms with Gasteiger partial charge >= 0.3 is 6.03 Å². The number of benzene rings is 2. The average molecular weight is 440 g/mol. The monoisotopic (exact) mass is 439 g/mol. The van der Waals surface area contributed by atoms with Gasteiger partial charge in [0.1, 0.15) is 10.8 Å². The summed E-state index contributed by atoms with van der Waals surface area (Å²) in [6.45, 7) is 2.69. The van der Waals surface area contributed by atoms with Crippen LogP contribution >= 0.6 is 11.3 Å². The standard InChI is InChI=1S/C22H22FN5O2S/c1-2-14-5-9-17(10-6-14)25-22(30)28-13-3-4-18(28)20-26-27-21(31-20)19(29)24-16-11-7-15(23)8-12-16/h5-12,18H,2-4,13H2,1H3,(H,24,29)(H,25,30). The fraction of sp³-hybridized carbons (Fsp3) is 0.273. The van der Waals surface area contributed by atoms with Gasteiger partial charge in [-0.3, -0.25) is 4.79 Å². The number of nitrogens with zero attached hydrogens (tertiary/aromatic N) is 3. The molecule has 1 unspecified atom stereocenters. The Bertz CT molecular complexity index is 1070. The van der Waals surface area contributed by atoms with Gasteiger partial charge in [0.05, 0.1) is 6.04 Å². The van der Waals surface area contributed by atoms with Gasteiger partial charge in [-0.1, -0.05) is 30.4 Å². The van der Waals surface area contributed by atoms with Crippen molar-refractivity contribution in [2.24, 2.45) is 0 Å². The van der Waals surface area contributed by atoms with E-state index < -0.39 is 5.91 Å². The molecule has 2 aromatic carbocycles. The Morgan fingerprint density at radius 2 is 1.74 bits per heavy atom. The Hall–Kier alpha value is -3.33. The largest absolute Gasteiger partial charge is 0.322 e. The SMILES string of the molecule is CCc1ccc(NC(=O)N2CCCC2c2nnc(C(=O)Nc3ccc(F)cc3)s2)cc1. The Balaban J connectivity index is 1.42. The van der Waals surface area contributed by atoms with E-state index in [1.54, 1.807) is 4.90 Å². The number of likely N-dealkylation sites (tertiary alicyclic amines) is 1. The van der Waals surface area contributed by atoms with Gasteiger partial charge in [0.15, 0.2) is 0 Å². The molecule has 0 bridgehead atoms. The van der Waals surface area contributed by atoms with Gasteiger partial charge in [0.2, 0.25) is 5.01 Å². The summed E-state index contributed by atoms with van der Waals surface area (Å²) in [5, 5.41) is 14.6. The third-order valence-corrected chi connectivity index (χ3v) is 6.17. The third kappa shape index (κ3) is 4.88. The number of urea groups is 1. The molecule has 7 nitrogen and oxygen atoms in total. The number of carbonyl (C=O) groups excluding carboxylic acids is 2. The molecule has 1 aliphatic heterocycles. The molecule has 2 N–H and O–H groups in total. The predicted molar refractivity (Wildman–Crippen MR) is 118 cm³/mol. The molecule has 3 aromatic rings. The molecule has 9 heteroatoms. The van der Waals surface area contributed by atoms with Crippen LogP contribution in [-0.4, -0.2) is 33.6 Å². The zero-order valence-corrected chi connectivity index (χ0v) is 17.8. The van der Waals surface area contributed by atoms with Crippen LogP contribution in [0, 0.1) is 5.82 Å². The van der Waals surface area contributed by atoms with Crippen LogP contribution in [0.15, 0.2) is 48.5 Å². The molecule has 3 amide bonds. The van der Waals surface area contributed by atoms with Crippen LogP contribution in [0.5, 0.6) is 0 Å². The Morgan fingerprint density at radius 3 is 2.45 bits per heavy atom. The maximum Gasteiger partial charge on any atom is 0.322 e. The fourth-order valence-electron chi connectivity index (χ4n) is 3.46. The first kappa shape index (κ1) is 20.9. The minimum absolute atomic E-state index is 0.195. The van der Waals surface area contributed by atoms with Gasteiger partial charge in [0, 0.05) is 17.9 Å². The summed E-state index contributed by atoms with van der Waals surface area (Å²) in [4.78, 5) is 27.0. The normalized spacial score (nSPS) is 15.7. The Morgan fingerprint density at radius 1 is 1.06 bits per heavy atom. The van der Waals surface area contributed by atoms with Crippen LogP contribution in [0.4, 0.5) is 20.6 Å². The summed E-state index contributed by atoms with van der Waals surface area (Å²) < 4.78 is 13.0. The molecule has 1 atom stereocenters. The quantitative estimate of drug-likeness (QED) is 0.594. The number of halogens is 1. The van der Waals surface area contributed by atoms with Crippen molar-refractivity contribution in [1.82, 2.24) is 15.1 Å². The van der Waals surface area contributed by atoms with E-state index in [1.807, 2.05) is 24.3 Å². The van der Waals surface area contributed by atoms with Crippen molar-refractivity contribution in [3.05, 3.63) is 69.9 Å². The molecule has 0 aliphatic carbocycles. The van der Waals surface area contributed by atoms with E-state index in [1.165, 1.54) is 29.8 Å². The van der Waals surface area contributed by atoms with Crippen molar-refractivity contribution < 1.29 is 14.0 Å². The van der Waals surface area contributed by atoms with Gasteiger partial charge in [-0.25, -0.2) is 9.18 Å². The Kier molecular flexibility index (Phi) is 6.22. The third-order valence-electron chi connectivity index (χ3n) is 5.15. The highest BCUT2D eigenvalue weighted by Crippen LogP contribution is 2.34. The van der Waals surface area contributed by atoms with E-state index in [2.05, 4.69) is 27.8 Å². The molecule has 1 aromatic heterocycles. The second-order valence-electron chi connectivity index (χ2n) is 7.24. The molecular weight excluding hydrogens is 417 g/mol. The van der Waals surface area contributed by atoms with Crippen LogP contribution in [0.1, 0.15) is 46.2 Å². The highest BCUT2D eigenvalue weighted by atomic mass is 32.1. The van der Waals surface area contributed by atoms with E-state index in [0.717, 1.165) is 36.3 Å². The Labute approximate surface area is 183 Å².